The lowest BCUT2D eigenvalue weighted by molar-refractivity contribution is 0.174. The van der Waals surface area contributed by atoms with Gasteiger partial charge in [-0.3, -0.25) is 0 Å². The fraction of sp³-hybridized carbons (Fsp3) is 0.167. The Kier molecular flexibility index (Phi) is 4.50. The molecule has 0 fully saturated rings. The molecule has 0 N–H and O–H groups in total. The number of nitriles is 1. The zero-order chi connectivity index (χ0) is 17.1. The molecule has 0 amide bonds. The van der Waals surface area contributed by atoms with Crippen LogP contribution in [-0.2, 0) is 0 Å². The highest BCUT2D eigenvalue weighted by atomic mass is 35.5. The lowest BCUT2D eigenvalue weighted by Crippen LogP contribution is -1.93. The minimum Gasteiger partial charge on any atom is -0.496 e. The topological polar surface area (TPSA) is 60.7 Å². The van der Waals surface area contributed by atoms with Crippen LogP contribution < -0.4 is 18.9 Å². The van der Waals surface area contributed by atoms with Gasteiger partial charge in [-0.05, 0) is 35.9 Å². The molecule has 0 spiro atoms. The van der Waals surface area contributed by atoms with Crippen molar-refractivity contribution in [3.63, 3.8) is 0 Å². The van der Waals surface area contributed by atoms with Crippen molar-refractivity contribution in [1.29, 1.82) is 5.26 Å². The van der Waals surface area contributed by atoms with E-state index in [4.69, 9.17) is 30.5 Å². The van der Waals surface area contributed by atoms with Gasteiger partial charge in [0.15, 0.2) is 11.5 Å². The smallest absolute Gasteiger partial charge is 0.231 e. The van der Waals surface area contributed by atoms with Crippen LogP contribution in [0, 0.1) is 11.3 Å². The minimum atomic E-state index is 0.187. The number of allylic oxidation sites excluding steroid dienone is 1. The molecule has 0 aliphatic carbocycles. The van der Waals surface area contributed by atoms with E-state index >= 15 is 0 Å². The van der Waals surface area contributed by atoms with E-state index in [9.17, 15) is 5.26 Å². The van der Waals surface area contributed by atoms with Gasteiger partial charge < -0.3 is 18.9 Å². The summed E-state index contributed by atoms with van der Waals surface area (Å²) < 4.78 is 21.2. The molecular formula is C18H14ClNO4. The van der Waals surface area contributed by atoms with Gasteiger partial charge in [0.05, 0.1) is 30.9 Å². The SMILES string of the molecule is COc1cc(OC)c(/C=C(/C#N)c2ccc3c(c2)OCO3)cc1Cl. The van der Waals surface area contributed by atoms with Crippen molar-refractivity contribution in [2.24, 2.45) is 0 Å². The number of ether oxygens (including phenoxy) is 4. The molecule has 1 aliphatic rings. The van der Waals surface area contributed by atoms with E-state index in [0.717, 1.165) is 5.56 Å². The van der Waals surface area contributed by atoms with Gasteiger partial charge >= 0.3 is 0 Å². The lowest BCUT2D eigenvalue weighted by Gasteiger charge is -2.10. The Balaban J connectivity index is 2.05. The Morgan fingerprint density at radius 1 is 1.12 bits per heavy atom. The second-order valence-electron chi connectivity index (χ2n) is 4.97. The molecule has 3 rings (SSSR count). The number of hydrogen-bond acceptors (Lipinski definition) is 5. The fourth-order valence-corrected chi connectivity index (χ4v) is 2.65. The Morgan fingerprint density at radius 3 is 2.58 bits per heavy atom. The molecule has 0 saturated carbocycles. The number of fused-ring (bicyclic) bond motifs is 1. The number of halogens is 1. The van der Waals surface area contributed by atoms with E-state index in [1.807, 2.05) is 0 Å². The normalized spacial score (nSPS) is 12.7. The van der Waals surface area contributed by atoms with Crippen molar-refractivity contribution in [1.82, 2.24) is 0 Å². The van der Waals surface area contributed by atoms with E-state index in [-0.39, 0.29) is 6.79 Å². The molecular weight excluding hydrogens is 330 g/mol. The third-order valence-electron chi connectivity index (χ3n) is 3.61. The van der Waals surface area contributed by atoms with Crippen LogP contribution in [0.4, 0.5) is 0 Å². The molecule has 24 heavy (non-hydrogen) atoms. The van der Waals surface area contributed by atoms with Gasteiger partial charge in [0.2, 0.25) is 6.79 Å². The molecule has 0 unspecified atom stereocenters. The number of nitrogens with zero attached hydrogens (tertiary/aromatic N) is 1. The molecule has 1 aliphatic heterocycles. The number of benzene rings is 2. The zero-order valence-corrected chi connectivity index (χ0v) is 13.9. The summed E-state index contributed by atoms with van der Waals surface area (Å²) >= 11 is 6.18. The van der Waals surface area contributed by atoms with E-state index in [2.05, 4.69) is 6.07 Å². The van der Waals surface area contributed by atoms with Gasteiger partial charge in [0.1, 0.15) is 11.5 Å². The molecule has 2 aromatic carbocycles. The fourth-order valence-electron chi connectivity index (χ4n) is 2.40. The van der Waals surface area contributed by atoms with Crippen molar-refractivity contribution in [3.8, 4) is 29.1 Å². The predicted octanol–water partition coefficient (Wildman–Crippen LogP) is 4.15. The molecule has 6 heteroatoms. The van der Waals surface area contributed by atoms with E-state index < -0.39 is 0 Å². The van der Waals surface area contributed by atoms with Crippen molar-refractivity contribution in [3.05, 3.63) is 46.5 Å². The molecule has 0 aromatic heterocycles. The lowest BCUT2D eigenvalue weighted by atomic mass is 10.0. The van der Waals surface area contributed by atoms with Crippen molar-refractivity contribution in [2.75, 3.05) is 21.0 Å². The summed E-state index contributed by atoms with van der Waals surface area (Å²) in [5, 5.41) is 9.97. The van der Waals surface area contributed by atoms with E-state index in [1.54, 1.807) is 43.5 Å². The van der Waals surface area contributed by atoms with Crippen LogP contribution in [0.15, 0.2) is 30.3 Å². The minimum absolute atomic E-state index is 0.187. The largest absolute Gasteiger partial charge is 0.496 e. The highest BCUT2D eigenvalue weighted by Gasteiger charge is 2.15. The molecule has 0 saturated heterocycles. The highest BCUT2D eigenvalue weighted by molar-refractivity contribution is 6.32. The van der Waals surface area contributed by atoms with Gasteiger partial charge in [0, 0.05) is 11.6 Å². The Labute approximate surface area is 144 Å². The number of methoxy groups -OCH3 is 2. The maximum atomic E-state index is 9.53. The van der Waals surface area contributed by atoms with Crippen molar-refractivity contribution in [2.45, 2.75) is 0 Å². The Bertz CT molecular complexity index is 855. The van der Waals surface area contributed by atoms with E-state index in [1.165, 1.54) is 7.11 Å². The summed E-state index contributed by atoms with van der Waals surface area (Å²) in [5.41, 5.74) is 1.85. The van der Waals surface area contributed by atoms with Crippen LogP contribution in [0.2, 0.25) is 5.02 Å². The predicted molar refractivity (Wildman–Crippen MR) is 90.6 cm³/mol. The van der Waals surface area contributed by atoms with Crippen molar-refractivity contribution >= 4 is 23.3 Å². The Hall–Kier alpha value is -2.84. The quantitative estimate of drug-likeness (QED) is 0.616. The molecule has 122 valence electrons. The van der Waals surface area contributed by atoms with Crippen LogP contribution in [-0.4, -0.2) is 21.0 Å². The third-order valence-corrected chi connectivity index (χ3v) is 3.90. The summed E-state index contributed by atoms with van der Waals surface area (Å²) in [6.45, 7) is 0.187. The maximum Gasteiger partial charge on any atom is 0.231 e. The molecule has 0 radical (unpaired) electrons. The van der Waals surface area contributed by atoms with Crippen molar-refractivity contribution < 1.29 is 18.9 Å². The van der Waals surface area contributed by atoms with Crippen LogP contribution in [0.25, 0.3) is 11.6 Å². The summed E-state index contributed by atoms with van der Waals surface area (Å²) in [6.07, 6.45) is 1.71. The van der Waals surface area contributed by atoms with Crippen LogP contribution >= 0.6 is 11.6 Å². The average molecular weight is 344 g/mol. The molecule has 1 heterocycles. The summed E-state index contributed by atoms with van der Waals surface area (Å²) in [7, 11) is 3.08. The third kappa shape index (κ3) is 2.97. The van der Waals surface area contributed by atoms with E-state index in [0.29, 0.717) is 39.2 Å². The number of hydrogen-bond donors (Lipinski definition) is 0. The zero-order valence-electron chi connectivity index (χ0n) is 13.1. The molecule has 2 aromatic rings. The second kappa shape index (κ2) is 6.73. The first-order valence-corrected chi connectivity index (χ1v) is 7.47. The Morgan fingerprint density at radius 2 is 1.88 bits per heavy atom. The summed E-state index contributed by atoms with van der Waals surface area (Å²) in [5.74, 6) is 2.35. The summed E-state index contributed by atoms with van der Waals surface area (Å²) in [4.78, 5) is 0. The summed E-state index contributed by atoms with van der Waals surface area (Å²) in [6, 6.07) is 10.9. The van der Waals surface area contributed by atoms with Crippen LogP contribution in [0.3, 0.4) is 0 Å². The van der Waals surface area contributed by atoms with Crippen LogP contribution in [0.5, 0.6) is 23.0 Å². The number of rotatable bonds is 4. The highest BCUT2D eigenvalue weighted by Crippen LogP contribution is 2.37. The van der Waals surface area contributed by atoms with Gasteiger partial charge in [0.25, 0.3) is 0 Å². The second-order valence-corrected chi connectivity index (χ2v) is 5.37. The maximum absolute atomic E-state index is 9.53. The molecule has 0 bridgehead atoms. The standard InChI is InChI=1S/C18H14ClNO4/c1-21-16-8-17(22-2)14(19)6-12(16)5-13(9-20)11-3-4-15-18(7-11)24-10-23-15/h3-8H,10H2,1-2H3/b13-5-. The first-order chi connectivity index (χ1) is 11.7. The van der Waals surface area contributed by atoms with Gasteiger partial charge in [-0.2, -0.15) is 5.26 Å². The average Bonchev–Trinajstić information content (AvgIpc) is 3.07. The van der Waals surface area contributed by atoms with Gasteiger partial charge in [-0.25, -0.2) is 0 Å². The monoisotopic (exact) mass is 343 g/mol. The molecule has 5 nitrogen and oxygen atoms in total. The first-order valence-electron chi connectivity index (χ1n) is 7.09. The first kappa shape index (κ1) is 16.0. The van der Waals surface area contributed by atoms with Crippen LogP contribution in [0.1, 0.15) is 11.1 Å². The van der Waals surface area contributed by atoms with Gasteiger partial charge in [-0.15, -0.1) is 0 Å². The molecule has 0 atom stereocenters. The van der Waals surface area contributed by atoms with Gasteiger partial charge in [-0.1, -0.05) is 11.6 Å².